The molecule has 0 N–H and O–H groups in total. The van der Waals surface area contributed by atoms with Crippen molar-refractivity contribution in [1.82, 2.24) is 0 Å². The fraction of sp³-hybridized carbons (Fsp3) is 0.263. The van der Waals surface area contributed by atoms with Gasteiger partial charge in [-0.25, -0.2) is 8.78 Å². The summed E-state index contributed by atoms with van der Waals surface area (Å²) in [6.07, 6.45) is 1.31. The minimum absolute atomic E-state index is 0.00891. The van der Waals surface area contributed by atoms with Crippen molar-refractivity contribution < 1.29 is 23.1 Å². The summed E-state index contributed by atoms with van der Waals surface area (Å²) in [5.41, 5.74) is 1.56. The van der Waals surface area contributed by atoms with E-state index in [0.717, 1.165) is 6.07 Å². The number of amides is 1. The number of fused-ring (bicyclic) bond motifs is 1. The number of methoxy groups -OCH3 is 1. The van der Waals surface area contributed by atoms with Crippen LogP contribution in [0.15, 0.2) is 36.4 Å². The Morgan fingerprint density at radius 1 is 1.20 bits per heavy atom. The van der Waals surface area contributed by atoms with Gasteiger partial charge in [-0.15, -0.1) is 0 Å². The van der Waals surface area contributed by atoms with Gasteiger partial charge in [-0.1, -0.05) is 18.2 Å². The topological polar surface area (TPSA) is 46.6 Å². The van der Waals surface area contributed by atoms with E-state index in [1.807, 2.05) is 0 Å². The van der Waals surface area contributed by atoms with Gasteiger partial charge in [0.2, 0.25) is 0 Å². The van der Waals surface area contributed by atoms with Crippen LogP contribution in [0.1, 0.15) is 27.9 Å². The van der Waals surface area contributed by atoms with E-state index in [1.54, 1.807) is 24.3 Å². The lowest BCUT2D eigenvalue weighted by molar-refractivity contribution is -0.139. The summed E-state index contributed by atoms with van der Waals surface area (Å²) in [7, 11) is 1.29. The van der Waals surface area contributed by atoms with Gasteiger partial charge in [0.1, 0.15) is 0 Å². The van der Waals surface area contributed by atoms with E-state index >= 15 is 0 Å². The molecule has 0 radical (unpaired) electrons. The molecule has 0 aromatic heterocycles. The highest BCUT2D eigenvalue weighted by molar-refractivity contribution is 6.07. The number of ether oxygens (including phenoxy) is 1. The van der Waals surface area contributed by atoms with Crippen LogP contribution in [0.5, 0.6) is 0 Å². The van der Waals surface area contributed by atoms with Gasteiger partial charge < -0.3 is 9.64 Å². The van der Waals surface area contributed by atoms with Crippen molar-refractivity contribution >= 4 is 17.6 Å². The van der Waals surface area contributed by atoms with Gasteiger partial charge in [0.25, 0.3) is 5.91 Å². The van der Waals surface area contributed by atoms with E-state index in [-0.39, 0.29) is 12.1 Å². The predicted molar refractivity (Wildman–Crippen MR) is 88.5 cm³/mol. The average molecular weight is 345 g/mol. The number of benzene rings is 2. The number of aryl methyl sites for hydroxylation is 1. The molecule has 0 spiro atoms. The Hall–Kier alpha value is -2.76. The van der Waals surface area contributed by atoms with Gasteiger partial charge in [-0.3, -0.25) is 9.59 Å². The summed E-state index contributed by atoms with van der Waals surface area (Å²) in [4.78, 5) is 25.5. The van der Waals surface area contributed by atoms with E-state index in [4.69, 9.17) is 0 Å². The lowest BCUT2D eigenvalue weighted by Gasteiger charge is -2.30. The second kappa shape index (κ2) is 7.01. The highest BCUT2D eigenvalue weighted by Gasteiger charge is 2.28. The Kier molecular flexibility index (Phi) is 4.79. The fourth-order valence-corrected chi connectivity index (χ4v) is 3.03. The molecule has 0 saturated carbocycles. The summed E-state index contributed by atoms with van der Waals surface area (Å²) in [5.74, 6) is -2.81. The molecular formula is C19H17F2NO3. The van der Waals surface area contributed by atoms with E-state index in [2.05, 4.69) is 4.74 Å². The predicted octanol–water partition coefficient (Wildman–Crippen LogP) is 3.27. The molecule has 0 fully saturated rings. The van der Waals surface area contributed by atoms with Gasteiger partial charge in [-0.05, 0) is 42.2 Å². The Bertz CT molecular complexity index is 835. The monoisotopic (exact) mass is 345 g/mol. The molecule has 0 aliphatic carbocycles. The molecule has 2 aromatic carbocycles. The third kappa shape index (κ3) is 3.38. The molecule has 1 aliphatic heterocycles. The molecule has 1 aliphatic rings. The number of nitrogens with zero attached hydrogens (tertiary/aromatic N) is 1. The SMILES string of the molecule is COC(=O)Cc1cccc(C(=O)N2CCCc3ccc(F)c(F)c32)c1. The highest BCUT2D eigenvalue weighted by atomic mass is 19.2. The Morgan fingerprint density at radius 2 is 2.00 bits per heavy atom. The summed E-state index contributed by atoms with van der Waals surface area (Å²) >= 11 is 0. The highest BCUT2D eigenvalue weighted by Crippen LogP contribution is 2.32. The van der Waals surface area contributed by atoms with Gasteiger partial charge >= 0.3 is 5.97 Å². The van der Waals surface area contributed by atoms with Crippen LogP contribution in [0.4, 0.5) is 14.5 Å². The minimum Gasteiger partial charge on any atom is -0.469 e. The Labute approximate surface area is 144 Å². The molecule has 3 rings (SSSR count). The maximum absolute atomic E-state index is 14.3. The van der Waals surface area contributed by atoms with E-state index < -0.39 is 23.5 Å². The van der Waals surface area contributed by atoms with Crippen LogP contribution in [0.2, 0.25) is 0 Å². The third-order valence-electron chi connectivity index (χ3n) is 4.25. The molecule has 1 amide bonds. The van der Waals surface area contributed by atoms with Gasteiger partial charge in [0.15, 0.2) is 11.6 Å². The van der Waals surface area contributed by atoms with Crippen molar-refractivity contribution in [3.63, 3.8) is 0 Å². The van der Waals surface area contributed by atoms with Gasteiger partial charge in [0, 0.05) is 12.1 Å². The normalized spacial score (nSPS) is 13.3. The van der Waals surface area contributed by atoms with Crippen LogP contribution in [0, 0.1) is 11.6 Å². The largest absolute Gasteiger partial charge is 0.469 e. The van der Waals surface area contributed by atoms with Crippen molar-refractivity contribution in [3.05, 3.63) is 64.7 Å². The summed E-state index contributed by atoms with van der Waals surface area (Å²) in [5, 5.41) is 0. The average Bonchev–Trinajstić information content (AvgIpc) is 2.64. The summed E-state index contributed by atoms with van der Waals surface area (Å²) in [6, 6.07) is 9.12. The zero-order chi connectivity index (χ0) is 18.0. The first kappa shape index (κ1) is 17.1. The molecule has 130 valence electrons. The zero-order valence-electron chi connectivity index (χ0n) is 13.7. The molecule has 0 atom stereocenters. The molecule has 0 bridgehead atoms. The van der Waals surface area contributed by atoms with Crippen LogP contribution < -0.4 is 4.90 Å². The third-order valence-corrected chi connectivity index (χ3v) is 4.25. The van der Waals surface area contributed by atoms with E-state index in [9.17, 15) is 18.4 Å². The first-order valence-corrected chi connectivity index (χ1v) is 7.95. The maximum atomic E-state index is 14.3. The number of carbonyl (C=O) groups excluding carboxylic acids is 2. The molecule has 2 aromatic rings. The summed E-state index contributed by atoms with van der Waals surface area (Å²) < 4.78 is 32.5. The quantitative estimate of drug-likeness (QED) is 0.802. The summed E-state index contributed by atoms with van der Waals surface area (Å²) in [6.45, 7) is 0.313. The second-order valence-electron chi connectivity index (χ2n) is 5.88. The first-order chi connectivity index (χ1) is 12.0. The molecular weight excluding hydrogens is 328 g/mol. The van der Waals surface area contributed by atoms with Crippen molar-refractivity contribution in [2.24, 2.45) is 0 Å². The number of rotatable bonds is 3. The van der Waals surface area contributed by atoms with Crippen LogP contribution in [-0.4, -0.2) is 25.5 Å². The molecule has 6 heteroatoms. The number of hydrogen-bond donors (Lipinski definition) is 0. The molecule has 0 unspecified atom stereocenters. The Morgan fingerprint density at radius 3 is 2.76 bits per heavy atom. The molecule has 4 nitrogen and oxygen atoms in total. The molecule has 1 heterocycles. The number of esters is 1. The van der Waals surface area contributed by atoms with Crippen molar-refractivity contribution in [3.8, 4) is 0 Å². The van der Waals surface area contributed by atoms with Gasteiger partial charge in [0.05, 0.1) is 19.2 Å². The minimum atomic E-state index is -1.00. The number of halogens is 2. The van der Waals surface area contributed by atoms with E-state index in [1.165, 1.54) is 18.1 Å². The van der Waals surface area contributed by atoms with Crippen molar-refractivity contribution in [2.75, 3.05) is 18.6 Å². The van der Waals surface area contributed by atoms with Crippen molar-refractivity contribution in [1.29, 1.82) is 0 Å². The number of carbonyl (C=O) groups is 2. The lowest BCUT2D eigenvalue weighted by atomic mass is 9.99. The van der Waals surface area contributed by atoms with Gasteiger partial charge in [-0.2, -0.15) is 0 Å². The molecule has 25 heavy (non-hydrogen) atoms. The van der Waals surface area contributed by atoms with Crippen LogP contribution >= 0.6 is 0 Å². The van der Waals surface area contributed by atoms with Crippen LogP contribution in [0.3, 0.4) is 0 Å². The first-order valence-electron chi connectivity index (χ1n) is 7.95. The van der Waals surface area contributed by atoms with Crippen LogP contribution in [0.25, 0.3) is 0 Å². The molecule has 0 saturated heterocycles. The standard InChI is InChI=1S/C19H17F2NO3/c1-25-16(23)11-12-4-2-5-14(10-12)19(24)22-9-3-6-13-7-8-15(20)17(21)18(13)22/h2,4-5,7-8,10H,3,6,9,11H2,1H3. The van der Waals surface area contributed by atoms with Crippen molar-refractivity contribution in [2.45, 2.75) is 19.3 Å². The number of anilines is 1. The number of hydrogen-bond acceptors (Lipinski definition) is 3. The Balaban J connectivity index is 1.94. The maximum Gasteiger partial charge on any atom is 0.309 e. The smallest absolute Gasteiger partial charge is 0.309 e. The lowest BCUT2D eigenvalue weighted by Crippen LogP contribution is -2.36. The second-order valence-corrected chi connectivity index (χ2v) is 5.88. The van der Waals surface area contributed by atoms with E-state index in [0.29, 0.717) is 36.1 Å². The zero-order valence-corrected chi connectivity index (χ0v) is 13.7. The fourth-order valence-electron chi connectivity index (χ4n) is 3.03. The van der Waals surface area contributed by atoms with Crippen LogP contribution in [-0.2, 0) is 22.4 Å².